The van der Waals surface area contributed by atoms with Gasteiger partial charge in [0.25, 0.3) is 11.8 Å². The normalized spacial score (nSPS) is 17.6. The summed E-state index contributed by atoms with van der Waals surface area (Å²) < 4.78 is 17.8. The molecule has 0 aliphatic carbocycles. The molecule has 1 fully saturated rings. The number of carbonyl (C=O) groups is 1. The van der Waals surface area contributed by atoms with Gasteiger partial charge in [0.15, 0.2) is 5.82 Å². The van der Waals surface area contributed by atoms with E-state index in [1.807, 2.05) is 41.8 Å². The minimum Gasteiger partial charge on any atom is -0.377 e. The van der Waals surface area contributed by atoms with E-state index in [4.69, 9.17) is 14.0 Å². The first kappa shape index (κ1) is 17.7. The Balaban J connectivity index is 1.68. The third-order valence-electron chi connectivity index (χ3n) is 4.78. The molecule has 27 heavy (non-hydrogen) atoms. The third-order valence-corrected chi connectivity index (χ3v) is 4.78. The molecule has 0 spiro atoms. The molecule has 0 unspecified atom stereocenters. The minimum absolute atomic E-state index is 0.0561. The van der Waals surface area contributed by atoms with Crippen LogP contribution in [0.4, 0.5) is 0 Å². The second-order valence-corrected chi connectivity index (χ2v) is 6.40. The Labute approximate surface area is 156 Å². The third kappa shape index (κ3) is 3.22. The van der Waals surface area contributed by atoms with Gasteiger partial charge in [-0.05, 0) is 19.1 Å². The smallest absolute Gasteiger partial charge is 0.271 e. The summed E-state index contributed by atoms with van der Waals surface area (Å²) in [5, 5.41) is 5.07. The molecule has 4 rings (SSSR count). The fourth-order valence-electron chi connectivity index (χ4n) is 3.52. The van der Waals surface area contributed by atoms with Crippen molar-refractivity contribution in [3.63, 3.8) is 0 Å². The molecule has 1 aromatic carbocycles. The molecule has 3 aromatic rings. The van der Waals surface area contributed by atoms with Crippen molar-refractivity contribution in [2.75, 3.05) is 26.9 Å². The topological polar surface area (TPSA) is 82.6 Å². The van der Waals surface area contributed by atoms with E-state index in [1.165, 1.54) is 0 Å². The number of benzene rings is 1. The predicted octanol–water partition coefficient (Wildman–Crippen LogP) is 2.40. The van der Waals surface area contributed by atoms with Crippen LogP contribution in [-0.2, 0) is 22.6 Å². The van der Waals surface area contributed by atoms with Crippen molar-refractivity contribution in [1.82, 2.24) is 19.6 Å². The first-order valence-electron chi connectivity index (χ1n) is 9.01. The average Bonchev–Trinajstić information content (AvgIpc) is 3.32. The van der Waals surface area contributed by atoms with Gasteiger partial charge in [-0.1, -0.05) is 23.4 Å². The van der Waals surface area contributed by atoms with Gasteiger partial charge >= 0.3 is 0 Å². The molecule has 1 atom stereocenters. The summed E-state index contributed by atoms with van der Waals surface area (Å²) in [4.78, 5) is 19.5. The Bertz CT molecular complexity index is 948. The highest BCUT2D eigenvalue weighted by Crippen LogP contribution is 2.27. The van der Waals surface area contributed by atoms with Crippen LogP contribution >= 0.6 is 0 Å². The summed E-state index contributed by atoms with van der Waals surface area (Å²) in [6.45, 7) is 4.28. The lowest BCUT2D eigenvalue weighted by molar-refractivity contribution is -0.00627. The van der Waals surface area contributed by atoms with Crippen LogP contribution in [0.25, 0.3) is 10.9 Å². The SMILES string of the molecule is CCn1c(C(=O)N2CCOC[C@H]2c2noc(COC)n2)cc2ccccc21. The number of aromatic nitrogens is 3. The monoisotopic (exact) mass is 370 g/mol. The Morgan fingerprint density at radius 1 is 1.37 bits per heavy atom. The summed E-state index contributed by atoms with van der Waals surface area (Å²) in [5.74, 6) is 0.766. The molecule has 0 saturated carbocycles. The summed E-state index contributed by atoms with van der Waals surface area (Å²) in [7, 11) is 1.56. The molecule has 0 bridgehead atoms. The highest BCUT2D eigenvalue weighted by atomic mass is 16.5. The maximum atomic E-state index is 13.4. The predicted molar refractivity (Wildman–Crippen MR) is 97.2 cm³/mol. The molecule has 0 radical (unpaired) electrons. The van der Waals surface area contributed by atoms with Crippen LogP contribution in [0.15, 0.2) is 34.9 Å². The van der Waals surface area contributed by atoms with E-state index in [1.54, 1.807) is 12.0 Å². The molecular formula is C19H22N4O4. The van der Waals surface area contributed by atoms with Crippen LogP contribution in [0.5, 0.6) is 0 Å². The number of nitrogens with zero attached hydrogens (tertiary/aromatic N) is 4. The second-order valence-electron chi connectivity index (χ2n) is 6.40. The molecule has 142 valence electrons. The van der Waals surface area contributed by atoms with Gasteiger partial charge in [0, 0.05) is 31.1 Å². The van der Waals surface area contributed by atoms with Crippen molar-refractivity contribution in [3.8, 4) is 0 Å². The molecule has 1 saturated heterocycles. The number of carbonyl (C=O) groups excluding carboxylic acids is 1. The Hall–Kier alpha value is -2.71. The number of hydrogen-bond donors (Lipinski definition) is 0. The molecule has 2 aromatic heterocycles. The number of aryl methyl sites for hydroxylation is 1. The van der Waals surface area contributed by atoms with Gasteiger partial charge in [-0.15, -0.1) is 0 Å². The lowest BCUT2D eigenvalue weighted by atomic mass is 10.2. The van der Waals surface area contributed by atoms with E-state index in [0.717, 1.165) is 10.9 Å². The number of ether oxygens (including phenoxy) is 2. The van der Waals surface area contributed by atoms with Crippen LogP contribution in [0.1, 0.15) is 35.2 Å². The molecule has 8 nitrogen and oxygen atoms in total. The summed E-state index contributed by atoms with van der Waals surface area (Å²) in [6, 6.07) is 9.57. The van der Waals surface area contributed by atoms with Crippen molar-refractivity contribution < 1.29 is 18.8 Å². The quantitative estimate of drug-likeness (QED) is 0.686. The summed E-state index contributed by atoms with van der Waals surface area (Å²) in [6.07, 6.45) is 0. The Morgan fingerprint density at radius 3 is 3.04 bits per heavy atom. The fourth-order valence-corrected chi connectivity index (χ4v) is 3.52. The largest absolute Gasteiger partial charge is 0.377 e. The zero-order chi connectivity index (χ0) is 18.8. The van der Waals surface area contributed by atoms with Gasteiger partial charge in [-0.2, -0.15) is 4.98 Å². The number of para-hydroxylation sites is 1. The van der Waals surface area contributed by atoms with Crippen LogP contribution in [0, 0.1) is 0 Å². The van der Waals surface area contributed by atoms with E-state index in [0.29, 0.717) is 43.7 Å². The van der Waals surface area contributed by atoms with Gasteiger partial charge in [0.2, 0.25) is 0 Å². The maximum absolute atomic E-state index is 13.4. The van der Waals surface area contributed by atoms with E-state index >= 15 is 0 Å². The number of morpholine rings is 1. The van der Waals surface area contributed by atoms with Gasteiger partial charge in [-0.25, -0.2) is 0 Å². The van der Waals surface area contributed by atoms with E-state index < -0.39 is 0 Å². The van der Waals surface area contributed by atoms with Gasteiger partial charge in [0.1, 0.15) is 18.3 Å². The van der Waals surface area contributed by atoms with Crippen molar-refractivity contribution in [3.05, 3.63) is 47.7 Å². The van der Waals surface area contributed by atoms with Crippen LogP contribution in [0.3, 0.4) is 0 Å². The first-order chi connectivity index (χ1) is 13.2. The Kier molecular flexibility index (Phi) is 4.91. The van der Waals surface area contributed by atoms with Gasteiger partial charge in [-0.3, -0.25) is 4.79 Å². The lowest BCUT2D eigenvalue weighted by Crippen LogP contribution is -2.44. The zero-order valence-electron chi connectivity index (χ0n) is 15.4. The fraction of sp³-hybridized carbons (Fsp3) is 0.421. The van der Waals surface area contributed by atoms with Crippen LogP contribution in [-0.4, -0.2) is 52.4 Å². The molecule has 1 aliphatic heterocycles. The average molecular weight is 370 g/mol. The van der Waals surface area contributed by atoms with Gasteiger partial charge < -0.3 is 23.5 Å². The van der Waals surface area contributed by atoms with E-state index in [-0.39, 0.29) is 18.6 Å². The number of amides is 1. The van der Waals surface area contributed by atoms with E-state index in [9.17, 15) is 4.79 Å². The zero-order valence-corrected chi connectivity index (χ0v) is 15.4. The number of methoxy groups -OCH3 is 1. The van der Waals surface area contributed by atoms with Crippen molar-refractivity contribution >= 4 is 16.8 Å². The van der Waals surface area contributed by atoms with Crippen molar-refractivity contribution in [2.24, 2.45) is 0 Å². The molecule has 1 aliphatic rings. The maximum Gasteiger partial charge on any atom is 0.271 e. The molecule has 1 amide bonds. The van der Waals surface area contributed by atoms with Crippen molar-refractivity contribution in [2.45, 2.75) is 26.1 Å². The lowest BCUT2D eigenvalue weighted by Gasteiger charge is -2.33. The van der Waals surface area contributed by atoms with E-state index in [2.05, 4.69) is 10.1 Å². The van der Waals surface area contributed by atoms with Crippen LogP contribution < -0.4 is 0 Å². The highest BCUT2D eigenvalue weighted by molar-refractivity contribution is 5.99. The number of hydrogen-bond acceptors (Lipinski definition) is 6. The molecular weight excluding hydrogens is 348 g/mol. The second kappa shape index (κ2) is 7.50. The standard InChI is InChI=1S/C19H22N4O4/c1-3-22-14-7-5-4-6-13(14)10-15(22)19(24)23-8-9-26-11-16(23)18-20-17(12-25-2)27-21-18/h4-7,10,16H,3,8-9,11-12H2,1-2H3/t16-/m0/s1. The molecule has 3 heterocycles. The highest BCUT2D eigenvalue weighted by Gasteiger charge is 2.34. The number of rotatable bonds is 5. The summed E-state index contributed by atoms with van der Waals surface area (Å²) >= 11 is 0. The molecule has 0 N–H and O–H groups in total. The Morgan fingerprint density at radius 2 is 2.22 bits per heavy atom. The van der Waals surface area contributed by atoms with Crippen molar-refractivity contribution in [1.29, 1.82) is 0 Å². The minimum atomic E-state index is -0.385. The van der Waals surface area contributed by atoms with Crippen LogP contribution in [0.2, 0.25) is 0 Å². The number of fused-ring (bicyclic) bond motifs is 1. The first-order valence-corrected chi connectivity index (χ1v) is 9.01. The van der Waals surface area contributed by atoms with Gasteiger partial charge in [0.05, 0.1) is 13.2 Å². The summed E-state index contributed by atoms with van der Waals surface area (Å²) in [5.41, 5.74) is 1.71. The molecule has 8 heteroatoms.